The molecule has 2 aromatic rings. The third kappa shape index (κ3) is 6.94. The van der Waals surface area contributed by atoms with Gasteiger partial charge in [-0.05, 0) is 37.1 Å². The Morgan fingerprint density at radius 1 is 0.811 bits per heavy atom. The molecule has 1 aliphatic heterocycles. The molecule has 0 aromatic heterocycles. The number of hydrogen-bond acceptors (Lipinski definition) is 6. The lowest BCUT2D eigenvalue weighted by Gasteiger charge is -2.19. The Morgan fingerprint density at radius 2 is 1.27 bits per heavy atom. The van der Waals surface area contributed by atoms with E-state index in [1.165, 1.54) is 34.0 Å². The number of carbonyl (C=O) groups excluding carboxylic acids is 2. The fourth-order valence-electron chi connectivity index (χ4n) is 3.62. The van der Waals surface area contributed by atoms with Gasteiger partial charge in [0.1, 0.15) is 0 Å². The van der Waals surface area contributed by atoms with Crippen LogP contribution in [-0.4, -0.2) is 41.9 Å². The van der Waals surface area contributed by atoms with Crippen LogP contribution in [0, 0.1) is 0 Å². The number of benzene rings is 2. The summed E-state index contributed by atoms with van der Waals surface area (Å²) in [5, 5.41) is 6.68. The fourth-order valence-corrected chi connectivity index (χ4v) is 5.60. The van der Waals surface area contributed by atoms with Crippen molar-refractivity contribution >= 4 is 92.9 Å². The molecule has 0 saturated heterocycles. The van der Waals surface area contributed by atoms with E-state index in [0.29, 0.717) is 12.8 Å². The third-order valence-electron chi connectivity index (χ3n) is 5.41. The SMILES string of the molecule is CCCCOC(=O)[C@@H]1[C@H](C(=O)OCCCC)[N+](c2c(Cl)cc(Cl)cc2Cl)=NN1c1c(Cl)cc(Cl)cc1Cl. The van der Waals surface area contributed by atoms with E-state index >= 15 is 0 Å². The Morgan fingerprint density at radius 3 is 1.76 bits per heavy atom. The molecule has 0 radical (unpaired) electrons. The van der Waals surface area contributed by atoms with Gasteiger partial charge in [-0.2, -0.15) is 0 Å². The highest BCUT2D eigenvalue weighted by Gasteiger charge is 2.58. The van der Waals surface area contributed by atoms with Crippen molar-refractivity contribution in [1.29, 1.82) is 0 Å². The highest BCUT2D eigenvalue weighted by atomic mass is 35.5. The van der Waals surface area contributed by atoms with Crippen LogP contribution < -0.4 is 5.01 Å². The Kier molecular flexibility index (Phi) is 11.0. The van der Waals surface area contributed by atoms with Crippen molar-refractivity contribution in [2.24, 2.45) is 5.22 Å². The molecular formula is C24H24Cl6N3O4+. The summed E-state index contributed by atoms with van der Waals surface area (Å²) in [6.45, 7) is 4.20. The van der Waals surface area contributed by atoms with E-state index < -0.39 is 24.0 Å². The maximum absolute atomic E-state index is 13.5. The van der Waals surface area contributed by atoms with Crippen molar-refractivity contribution in [2.45, 2.75) is 51.6 Å². The van der Waals surface area contributed by atoms with Crippen molar-refractivity contribution in [1.82, 2.24) is 0 Å². The van der Waals surface area contributed by atoms with Crippen molar-refractivity contribution in [3.05, 3.63) is 54.4 Å². The van der Waals surface area contributed by atoms with E-state index in [4.69, 9.17) is 79.1 Å². The van der Waals surface area contributed by atoms with E-state index in [2.05, 4.69) is 5.22 Å². The largest absolute Gasteiger partial charge is 0.462 e. The second kappa shape index (κ2) is 13.5. The molecule has 0 unspecified atom stereocenters. The predicted molar refractivity (Wildman–Crippen MR) is 147 cm³/mol. The number of rotatable bonds is 10. The number of hydrogen-bond donors (Lipinski definition) is 0. The standard InChI is InChI=1S/C24H24Cl6N3O4/c1-3-5-7-36-23(34)21-22(24(35)37-8-6-4-2)33(20-17(29)11-14(26)12-18(20)30)31-32(21)19-15(27)9-13(25)10-16(19)28/h9-12,21-22H,3-8H2,1-2H3/q+1/t21-,22+. The quantitative estimate of drug-likeness (QED) is 0.149. The average molecular weight is 631 g/mol. The number of anilines is 1. The summed E-state index contributed by atoms with van der Waals surface area (Å²) in [7, 11) is 0. The van der Waals surface area contributed by atoms with Crippen LogP contribution in [0.2, 0.25) is 30.1 Å². The molecule has 0 aliphatic carbocycles. The second-order valence-electron chi connectivity index (χ2n) is 8.15. The summed E-state index contributed by atoms with van der Waals surface area (Å²) < 4.78 is 12.2. The van der Waals surface area contributed by atoms with Crippen LogP contribution in [0.4, 0.5) is 11.4 Å². The first-order chi connectivity index (χ1) is 17.6. The van der Waals surface area contributed by atoms with Gasteiger partial charge in [0, 0.05) is 10.0 Å². The lowest BCUT2D eigenvalue weighted by molar-refractivity contribution is -0.526. The highest BCUT2D eigenvalue weighted by molar-refractivity contribution is 6.42. The zero-order chi connectivity index (χ0) is 27.3. The minimum atomic E-state index is -1.34. The molecular weight excluding hydrogens is 607 g/mol. The normalized spacial score (nSPS) is 17.1. The maximum atomic E-state index is 13.5. The number of unbranched alkanes of at least 4 members (excludes halogenated alkanes) is 2. The fraction of sp³-hybridized carbons (Fsp3) is 0.417. The average Bonchev–Trinajstić information content (AvgIpc) is 3.17. The third-order valence-corrected chi connectivity index (χ3v) is 7.00. The molecule has 13 heteroatoms. The number of esters is 2. The van der Waals surface area contributed by atoms with Gasteiger partial charge in [0.15, 0.2) is 11.4 Å². The molecule has 0 fully saturated rings. The minimum Gasteiger partial charge on any atom is -0.462 e. The van der Waals surface area contributed by atoms with Crippen molar-refractivity contribution in [3.8, 4) is 0 Å². The van der Waals surface area contributed by atoms with Gasteiger partial charge in [0.2, 0.25) is 0 Å². The molecule has 2 atom stereocenters. The van der Waals surface area contributed by atoms with Gasteiger partial charge in [0.25, 0.3) is 12.1 Å². The van der Waals surface area contributed by atoms with Crippen LogP contribution in [0.15, 0.2) is 29.5 Å². The lowest BCUT2D eigenvalue weighted by atomic mass is 10.1. The first kappa shape index (κ1) is 30.1. The van der Waals surface area contributed by atoms with Crippen molar-refractivity contribution in [2.75, 3.05) is 18.2 Å². The zero-order valence-electron chi connectivity index (χ0n) is 19.9. The Bertz CT molecular complexity index is 1160. The zero-order valence-corrected chi connectivity index (χ0v) is 24.5. The van der Waals surface area contributed by atoms with Gasteiger partial charge in [-0.25, -0.2) is 9.59 Å². The van der Waals surface area contributed by atoms with Crippen LogP contribution >= 0.6 is 69.6 Å². The molecule has 0 N–H and O–H groups in total. The van der Waals surface area contributed by atoms with E-state index in [1.807, 2.05) is 13.8 Å². The molecule has 1 heterocycles. The first-order valence-corrected chi connectivity index (χ1v) is 13.8. The molecule has 0 saturated carbocycles. The summed E-state index contributed by atoms with van der Waals surface area (Å²) in [6.07, 6.45) is 2.85. The Balaban J connectivity index is 2.22. The van der Waals surface area contributed by atoms with Gasteiger partial charge < -0.3 is 9.47 Å². The number of carbonyl (C=O) groups is 2. The summed E-state index contributed by atoms with van der Waals surface area (Å²) in [5.41, 5.74) is 0.278. The molecule has 3 rings (SSSR count). The Labute approximate surface area is 245 Å². The highest BCUT2D eigenvalue weighted by Crippen LogP contribution is 2.44. The molecule has 1 aliphatic rings. The van der Waals surface area contributed by atoms with E-state index in [9.17, 15) is 9.59 Å². The summed E-state index contributed by atoms with van der Waals surface area (Å²) in [4.78, 5) is 27.0. The molecule has 0 bridgehead atoms. The molecule has 2 aromatic carbocycles. The summed E-state index contributed by atoms with van der Waals surface area (Å²) in [5.74, 6) is -1.47. The smallest absolute Gasteiger partial charge is 0.359 e. The molecule has 7 nitrogen and oxygen atoms in total. The van der Waals surface area contributed by atoms with Gasteiger partial charge in [0.05, 0.1) is 38.5 Å². The van der Waals surface area contributed by atoms with Crippen LogP contribution in [0.5, 0.6) is 0 Å². The van der Waals surface area contributed by atoms with Crippen LogP contribution in [-0.2, 0) is 19.1 Å². The minimum absolute atomic E-state index is 0.0980. The predicted octanol–water partition coefficient (Wildman–Crippen LogP) is 8.56. The van der Waals surface area contributed by atoms with E-state index in [-0.39, 0.29) is 54.7 Å². The van der Waals surface area contributed by atoms with Gasteiger partial charge >= 0.3 is 11.9 Å². The number of halogens is 6. The molecule has 0 amide bonds. The molecule has 200 valence electrons. The Hall–Kier alpha value is -1.48. The summed E-state index contributed by atoms with van der Waals surface area (Å²) >= 11 is 38.2. The van der Waals surface area contributed by atoms with Crippen molar-refractivity contribution < 1.29 is 23.8 Å². The van der Waals surface area contributed by atoms with Crippen molar-refractivity contribution in [3.63, 3.8) is 0 Å². The van der Waals surface area contributed by atoms with Gasteiger partial charge in [-0.3, -0.25) is 0 Å². The lowest BCUT2D eigenvalue weighted by Crippen LogP contribution is -2.50. The van der Waals surface area contributed by atoms with Crippen LogP contribution in [0.1, 0.15) is 39.5 Å². The summed E-state index contributed by atoms with van der Waals surface area (Å²) in [6, 6.07) is 3.09. The van der Waals surface area contributed by atoms with Crippen LogP contribution in [0.25, 0.3) is 0 Å². The maximum Gasteiger partial charge on any atom is 0.359 e. The second-order valence-corrected chi connectivity index (χ2v) is 10.6. The number of ether oxygens (including phenoxy) is 2. The monoisotopic (exact) mass is 628 g/mol. The van der Waals surface area contributed by atoms with E-state index in [0.717, 1.165) is 12.8 Å². The molecule has 37 heavy (non-hydrogen) atoms. The topological polar surface area (TPSA) is 71.2 Å². The van der Waals surface area contributed by atoms with Gasteiger partial charge in [-0.1, -0.05) is 96.3 Å². The van der Waals surface area contributed by atoms with E-state index in [1.54, 1.807) is 0 Å². The van der Waals surface area contributed by atoms with Crippen LogP contribution in [0.3, 0.4) is 0 Å². The number of nitrogens with zero attached hydrogens (tertiary/aromatic N) is 3. The van der Waals surface area contributed by atoms with Gasteiger partial charge in [-0.15, -0.1) is 9.71 Å². The molecule has 0 spiro atoms. The first-order valence-electron chi connectivity index (χ1n) is 11.5.